The van der Waals surface area contributed by atoms with Gasteiger partial charge in [0.25, 0.3) is 0 Å². The second kappa shape index (κ2) is 6.15. The Kier molecular flexibility index (Phi) is 4.71. The van der Waals surface area contributed by atoms with E-state index >= 15 is 0 Å². The predicted molar refractivity (Wildman–Crippen MR) is 83.9 cm³/mol. The number of nitrogens with two attached hydrogens (primary N) is 1. The molecule has 0 amide bonds. The first-order valence-electron chi connectivity index (χ1n) is 7.56. The monoisotopic (exact) mass is 276 g/mol. The molecule has 0 spiro atoms. The molecule has 1 aromatic rings. The Balaban J connectivity index is 2.10. The number of likely N-dealkylation sites (tertiary alicyclic amines) is 1. The average Bonchev–Trinajstić information content (AvgIpc) is 2.41. The van der Waals surface area contributed by atoms with E-state index in [2.05, 4.69) is 30.9 Å². The van der Waals surface area contributed by atoms with Gasteiger partial charge in [0.15, 0.2) is 0 Å². The summed E-state index contributed by atoms with van der Waals surface area (Å²) in [6, 6.07) is 6.37. The summed E-state index contributed by atoms with van der Waals surface area (Å²) >= 11 is 0. The average molecular weight is 276 g/mol. The summed E-state index contributed by atoms with van der Waals surface area (Å²) in [5, 5.41) is 0. The van der Waals surface area contributed by atoms with Crippen LogP contribution in [0.15, 0.2) is 18.2 Å². The maximum atomic E-state index is 5.99. The van der Waals surface area contributed by atoms with Crippen LogP contribution < -0.4 is 10.5 Å². The van der Waals surface area contributed by atoms with Gasteiger partial charge in [-0.2, -0.15) is 0 Å². The van der Waals surface area contributed by atoms with Gasteiger partial charge in [0.2, 0.25) is 0 Å². The van der Waals surface area contributed by atoms with Crippen LogP contribution in [0.3, 0.4) is 0 Å². The molecule has 1 heterocycles. The zero-order chi connectivity index (χ0) is 14.8. The molecule has 2 rings (SSSR count). The Morgan fingerprint density at radius 3 is 2.50 bits per heavy atom. The SMILES string of the molecule is COc1ccc(C(C)N)cc1CN1CCC(C)(C)CC1. The van der Waals surface area contributed by atoms with Crippen molar-refractivity contribution in [2.45, 2.75) is 46.2 Å². The molecular weight excluding hydrogens is 248 g/mol. The summed E-state index contributed by atoms with van der Waals surface area (Å²) in [7, 11) is 1.74. The lowest BCUT2D eigenvalue weighted by molar-refractivity contribution is 0.126. The molecule has 0 radical (unpaired) electrons. The molecule has 1 aliphatic rings. The van der Waals surface area contributed by atoms with Gasteiger partial charge in [-0.25, -0.2) is 0 Å². The van der Waals surface area contributed by atoms with Gasteiger partial charge in [-0.1, -0.05) is 19.9 Å². The smallest absolute Gasteiger partial charge is 0.123 e. The van der Waals surface area contributed by atoms with Crippen molar-refractivity contribution in [2.24, 2.45) is 11.1 Å². The second-order valence-electron chi connectivity index (χ2n) is 6.80. The van der Waals surface area contributed by atoms with Crippen LogP contribution in [-0.2, 0) is 6.54 Å². The van der Waals surface area contributed by atoms with Crippen molar-refractivity contribution < 1.29 is 4.74 Å². The van der Waals surface area contributed by atoms with Gasteiger partial charge in [0.05, 0.1) is 7.11 Å². The van der Waals surface area contributed by atoms with Crippen LogP contribution in [0.5, 0.6) is 5.75 Å². The van der Waals surface area contributed by atoms with Gasteiger partial charge in [0.1, 0.15) is 5.75 Å². The molecular formula is C17H28N2O. The molecule has 0 aromatic heterocycles. The molecule has 1 fully saturated rings. The molecule has 0 aliphatic carbocycles. The normalized spacial score (nSPS) is 20.6. The first-order chi connectivity index (χ1) is 9.41. The maximum absolute atomic E-state index is 5.99. The van der Waals surface area contributed by atoms with E-state index in [-0.39, 0.29) is 6.04 Å². The Hall–Kier alpha value is -1.06. The van der Waals surface area contributed by atoms with E-state index in [1.807, 2.05) is 13.0 Å². The van der Waals surface area contributed by atoms with Crippen LogP contribution in [0.2, 0.25) is 0 Å². The summed E-state index contributed by atoms with van der Waals surface area (Å²) < 4.78 is 5.50. The third kappa shape index (κ3) is 3.74. The van der Waals surface area contributed by atoms with E-state index in [0.29, 0.717) is 5.41 Å². The summed E-state index contributed by atoms with van der Waals surface area (Å²) in [6.45, 7) is 10.0. The number of ether oxygens (including phenoxy) is 1. The van der Waals surface area contributed by atoms with E-state index in [1.165, 1.54) is 37.1 Å². The van der Waals surface area contributed by atoms with Gasteiger partial charge in [-0.05, 0) is 56.0 Å². The lowest BCUT2D eigenvalue weighted by atomic mass is 9.82. The fourth-order valence-electron chi connectivity index (χ4n) is 2.76. The number of rotatable bonds is 4. The minimum absolute atomic E-state index is 0.0694. The number of hydrogen-bond donors (Lipinski definition) is 1. The molecule has 1 saturated heterocycles. The predicted octanol–water partition coefficient (Wildman–Crippen LogP) is 3.34. The quantitative estimate of drug-likeness (QED) is 0.916. The number of methoxy groups -OCH3 is 1. The lowest BCUT2D eigenvalue weighted by Crippen LogP contribution is -2.36. The van der Waals surface area contributed by atoms with Crippen LogP contribution in [0.25, 0.3) is 0 Å². The first-order valence-corrected chi connectivity index (χ1v) is 7.56. The fourth-order valence-corrected chi connectivity index (χ4v) is 2.76. The minimum atomic E-state index is 0.0694. The van der Waals surface area contributed by atoms with E-state index in [0.717, 1.165) is 12.3 Å². The highest BCUT2D eigenvalue weighted by Crippen LogP contribution is 2.31. The van der Waals surface area contributed by atoms with Crippen molar-refractivity contribution in [3.8, 4) is 5.75 Å². The second-order valence-corrected chi connectivity index (χ2v) is 6.80. The van der Waals surface area contributed by atoms with Crippen LogP contribution in [-0.4, -0.2) is 25.1 Å². The third-order valence-electron chi connectivity index (χ3n) is 4.43. The summed E-state index contributed by atoms with van der Waals surface area (Å²) in [4.78, 5) is 2.52. The van der Waals surface area contributed by atoms with Gasteiger partial charge in [-0.15, -0.1) is 0 Å². The Labute approximate surface area is 123 Å². The van der Waals surface area contributed by atoms with Crippen LogP contribution in [0.1, 0.15) is 50.8 Å². The van der Waals surface area contributed by atoms with Crippen molar-refractivity contribution >= 4 is 0 Å². The molecule has 0 bridgehead atoms. The standard InChI is InChI=1S/C17H28N2O/c1-13(18)14-5-6-16(20-4)15(11-14)12-19-9-7-17(2,3)8-10-19/h5-6,11,13H,7-10,12,18H2,1-4H3. The van der Waals surface area contributed by atoms with Crippen LogP contribution in [0, 0.1) is 5.41 Å². The number of piperidine rings is 1. The van der Waals surface area contributed by atoms with Crippen LogP contribution in [0.4, 0.5) is 0 Å². The number of benzene rings is 1. The summed E-state index contributed by atoms with van der Waals surface area (Å²) in [6.07, 6.45) is 2.53. The van der Waals surface area contributed by atoms with Crippen molar-refractivity contribution in [1.82, 2.24) is 4.90 Å². The lowest BCUT2D eigenvalue weighted by Gasteiger charge is -2.37. The van der Waals surface area contributed by atoms with E-state index < -0.39 is 0 Å². The van der Waals surface area contributed by atoms with Crippen molar-refractivity contribution in [3.63, 3.8) is 0 Å². The van der Waals surface area contributed by atoms with E-state index in [9.17, 15) is 0 Å². The molecule has 3 heteroatoms. The fraction of sp³-hybridized carbons (Fsp3) is 0.647. The highest BCUT2D eigenvalue weighted by Gasteiger charge is 2.25. The van der Waals surface area contributed by atoms with Gasteiger partial charge < -0.3 is 10.5 Å². The van der Waals surface area contributed by atoms with Gasteiger partial charge in [-0.3, -0.25) is 4.90 Å². The van der Waals surface area contributed by atoms with E-state index in [4.69, 9.17) is 10.5 Å². The largest absolute Gasteiger partial charge is 0.496 e. The highest BCUT2D eigenvalue weighted by atomic mass is 16.5. The van der Waals surface area contributed by atoms with Crippen molar-refractivity contribution in [3.05, 3.63) is 29.3 Å². The molecule has 1 unspecified atom stereocenters. The Morgan fingerprint density at radius 1 is 1.30 bits per heavy atom. The maximum Gasteiger partial charge on any atom is 0.123 e. The zero-order valence-electron chi connectivity index (χ0n) is 13.3. The van der Waals surface area contributed by atoms with Crippen molar-refractivity contribution in [1.29, 1.82) is 0 Å². The molecule has 1 aliphatic heterocycles. The topological polar surface area (TPSA) is 38.5 Å². The zero-order valence-corrected chi connectivity index (χ0v) is 13.3. The Bertz CT molecular complexity index is 444. The third-order valence-corrected chi connectivity index (χ3v) is 4.43. The highest BCUT2D eigenvalue weighted by molar-refractivity contribution is 5.38. The van der Waals surface area contributed by atoms with Gasteiger partial charge in [0, 0.05) is 18.2 Å². The summed E-state index contributed by atoms with van der Waals surface area (Å²) in [5.74, 6) is 0.972. The molecule has 1 aromatic carbocycles. The minimum Gasteiger partial charge on any atom is -0.496 e. The molecule has 3 nitrogen and oxygen atoms in total. The van der Waals surface area contributed by atoms with Crippen molar-refractivity contribution in [2.75, 3.05) is 20.2 Å². The number of hydrogen-bond acceptors (Lipinski definition) is 3. The Morgan fingerprint density at radius 2 is 1.95 bits per heavy atom. The number of nitrogens with zero attached hydrogens (tertiary/aromatic N) is 1. The van der Waals surface area contributed by atoms with Crippen LogP contribution >= 0.6 is 0 Å². The summed E-state index contributed by atoms with van der Waals surface area (Å²) in [5.41, 5.74) is 8.91. The molecule has 0 saturated carbocycles. The molecule has 112 valence electrons. The first kappa shape index (κ1) is 15.3. The molecule has 2 N–H and O–H groups in total. The molecule has 1 atom stereocenters. The van der Waals surface area contributed by atoms with E-state index in [1.54, 1.807) is 7.11 Å². The molecule has 20 heavy (non-hydrogen) atoms. The van der Waals surface area contributed by atoms with Gasteiger partial charge >= 0.3 is 0 Å².